The molecule has 0 aromatic heterocycles. The summed E-state index contributed by atoms with van der Waals surface area (Å²) in [7, 11) is 0. The van der Waals surface area contributed by atoms with Crippen LogP contribution >= 0.6 is 0 Å². The maximum absolute atomic E-state index is 2.38. The third-order valence-electron chi connectivity index (χ3n) is 3.07. The highest BCUT2D eigenvalue weighted by molar-refractivity contribution is 4.65. The molecular formula is C14H30. The average Bonchev–Trinajstić information content (AvgIpc) is 2.00. The molecule has 0 saturated heterocycles. The van der Waals surface area contributed by atoms with Gasteiger partial charge in [0.15, 0.2) is 0 Å². The van der Waals surface area contributed by atoms with E-state index in [9.17, 15) is 0 Å². The van der Waals surface area contributed by atoms with Crippen molar-refractivity contribution in [2.24, 2.45) is 23.7 Å². The molecule has 0 aromatic carbocycles. The van der Waals surface area contributed by atoms with Gasteiger partial charge in [0.2, 0.25) is 0 Å². The van der Waals surface area contributed by atoms with Gasteiger partial charge in [-0.05, 0) is 30.1 Å². The summed E-state index contributed by atoms with van der Waals surface area (Å²) in [6.07, 6.45) is 5.68. The van der Waals surface area contributed by atoms with Crippen LogP contribution in [0.2, 0.25) is 0 Å². The van der Waals surface area contributed by atoms with E-state index in [0.717, 1.165) is 23.7 Å². The third kappa shape index (κ3) is 7.41. The Hall–Kier alpha value is 0. The van der Waals surface area contributed by atoms with Crippen molar-refractivity contribution in [2.45, 2.75) is 67.2 Å². The Morgan fingerprint density at radius 3 is 1.64 bits per heavy atom. The Bertz CT molecular complexity index is 122. The predicted molar refractivity (Wildman–Crippen MR) is 66.5 cm³/mol. The summed E-state index contributed by atoms with van der Waals surface area (Å²) in [4.78, 5) is 0. The lowest BCUT2D eigenvalue weighted by Gasteiger charge is -2.23. The van der Waals surface area contributed by atoms with E-state index >= 15 is 0 Å². The van der Waals surface area contributed by atoms with Gasteiger partial charge in [-0.15, -0.1) is 0 Å². The van der Waals surface area contributed by atoms with Crippen LogP contribution in [0.1, 0.15) is 67.2 Å². The van der Waals surface area contributed by atoms with E-state index in [-0.39, 0.29) is 0 Å². The molecule has 0 aliphatic carbocycles. The number of hydrogen-bond acceptors (Lipinski definition) is 0. The van der Waals surface area contributed by atoms with Crippen molar-refractivity contribution in [2.75, 3.05) is 0 Å². The summed E-state index contributed by atoms with van der Waals surface area (Å²) in [6.45, 7) is 14.1. The molecule has 0 radical (unpaired) electrons. The highest BCUT2D eigenvalue weighted by atomic mass is 14.2. The van der Waals surface area contributed by atoms with Gasteiger partial charge in [-0.2, -0.15) is 0 Å². The SMILES string of the molecule is CC(C)CCC[C@H](CC(C)C)C(C)C. The molecule has 0 aliphatic heterocycles. The first-order valence-corrected chi connectivity index (χ1v) is 6.43. The van der Waals surface area contributed by atoms with E-state index in [2.05, 4.69) is 41.5 Å². The first-order valence-electron chi connectivity index (χ1n) is 6.43. The van der Waals surface area contributed by atoms with Crippen molar-refractivity contribution in [3.63, 3.8) is 0 Å². The van der Waals surface area contributed by atoms with Crippen molar-refractivity contribution >= 4 is 0 Å². The second kappa shape index (κ2) is 7.31. The van der Waals surface area contributed by atoms with Crippen LogP contribution < -0.4 is 0 Å². The molecule has 0 N–H and O–H groups in total. The van der Waals surface area contributed by atoms with E-state index in [4.69, 9.17) is 0 Å². The van der Waals surface area contributed by atoms with E-state index in [1.807, 2.05) is 0 Å². The highest BCUT2D eigenvalue weighted by Crippen LogP contribution is 2.26. The molecule has 0 nitrogen and oxygen atoms in total. The van der Waals surface area contributed by atoms with Crippen molar-refractivity contribution in [1.82, 2.24) is 0 Å². The minimum absolute atomic E-state index is 0.862. The van der Waals surface area contributed by atoms with Crippen LogP contribution in [0.5, 0.6) is 0 Å². The zero-order chi connectivity index (χ0) is 11.1. The number of hydrogen-bond donors (Lipinski definition) is 0. The van der Waals surface area contributed by atoms with Gasteiger partial charge in [-0.1, -0.05) is 60.8 Å². The molecule has 0 aliphatic rings. The topological polar surface area (TPSA) is 0 Å². The van der Waals surface area contributed by atoms with Crippen molar-refractivity contribution in [3.8, 4) is 0 Å². The molecule has 0 saturated carbocycles. The predicted octanol–water partition coefficient (Wildman–Crippen LogP) is 5.13. The van der Waals surface area contributed by atoms with Gasteiger partial charge in [0.25, 0.3) is 0 Å². The maximum Gasteiger partial charge on any atom is -0.0389 e. The first kappa shape index (κ1) is 14.0. The van der Waals surface area contributed by atoms with Gasteiger partial charge in [-0.25, -0.2) is 0 Å². The summed E-state index contributed by atoms with van der Waals surface area (Å²) >= 11 is 0. The molecule has 0 heterocycles. The molecule has 0 aromatic rings. The zero-order valence-electron chi connectivity index (χ0n) is 11.1. The quantitative estimate of drug-likeness (QED) is 0.532. The standard InChI is InChI=1S/C14H30/c1-11(2)8-7-9-14(13(5)6)10-12(3)4/h11-14H,7-10H2,1-6H3/t14-/m1/s1. The summed E-state index contributed by atoms with van der Waals surface area (Å²) < 4.78 is 0. The lowest BCUT2D eigenvalue weighted by molar-refractivity contribution is 0.285. The lowest BCUT2D eigenvalue weighted by atomic mass is 9.83. The Labute approximate surface area is 91.5 Å². The third-order valence-corrected chi connectivity index (χ3v) is 3.07. The average molecular weight is 198 g/mol. The molecule has 14 heavy (non-hydrogen) atoms. The van der Waals surface area contributed by atoms with Gasteiger partial charge >= 0.3 is 0 Å². The fourth-order valence-corrected chi connectivity index (χ4v) is 2.12. The van der Waals surface area contributed by atoms with E-state index in [1.54, 1.807) is 0 Å². The van der Waals surface area contributed by atoms with Gasteiger partial charge in [0, 0.05) is 0 Å². The molecule has 0 fully saturated rings. The lowest BCUT2D eigenvalue weighted by Crippen LogP contribution is -2.12. The van der Waals surface area contributed by atoms with E-state index in [1.165, 1.54) is 25.7 Å². The molecule has 0 unspecified atom stereocenters. The molecular weight excluding hydrogens is 168 g/mol. The minimum atomic E-state index is 0.862. The largest absolute Gasteiger partial charge is 0.0628 e. The van der Waals surface area contributed by atoms with Crippen LogP contribution in [-0.2, 0) is 0 Å². The van der Waals surface area contributed by atoms with Crippen molar-refractivity contribution in [3.05, 3.63) is 0 Å². The monoisotopic (exact) mass is 198 g/mol. The van der Waals surface area contributed by atoms with Gasteiger partial charge in [0.1, 0.15) is 0 Å². The van der Waals surface area contributed by atoms with Crippen LogP contribution in [0.15, 0.2) is 0 Å². The van der Waals surface area contributed by atoms with Crippen LogP contribution in [0.4, 0.5) is 0 Å². The molecule has 86 valence electrons. The second-order valence-electron chi connectivity index (χ2n) is 5.96. The summed E-state index contributed by atoms with van der Waals surface area (Å²) in [5, 5.41) is 0. The smallest absolute Gasteiger partial charge is 0.0389 e. The van der Waals surface area contributed by atoms with Crippen molar-refractivity contribution in [1.29, 1.82) is 0 Å². The molecule has 0 amide bonds. The number of rotatable bonds is 7. The fourth-order valence-electron chi connectivity index (χ4n) is 2.12. The Kier molecular flexibility index (Phi) is 7.31. The highest BCUT2D eigenvalue weighted by Gasteiger charge is 2.14. The van der Waals surface area contributed by atoms with Crippen LogP contribution in [0.3, 0.4) is 0 Å². The summed E-state index contributed by atoms with van der Waals surface area (Å²) in [5.41, 5.74) is 0. The van der Waals surface area contributed by atoms with E-state index in [0.29, 0.717) is 0 Å². The summed E-state index contributed by atoms with van der Waals surface area (Å²) in [5.74, 6) is 3.56. The van der Waals surface area contributed by atoms with Gasteiger partial charge in [-0.3, -0.25) is 0 Å². The van der Waals surface area contributed by atoms with Gasteiger partial charge in [0.05, 0.1) is 0 Å². The first-order chi connectivity index (χ1) is 6.43. The Morgan fingerprint density at radius 1 is 0.714 bits per heavy atom. The van der Waals surface area contributed by atoms with E-state index < -0.39 is 0 Å². The normalized spacial score (nSPS) is 14.4. The fraction of sp³-hybridized carbons (Fsp3) is 1.00. The summed E-state index contributed by atoms with van der Waals surface area (Å²) in [6, 6.07) is 0. The molecule has 0 spiro atoms. The zero-order valence-corrected chi connectivity index (χ0v) is 11.1. The Balaban J connectivity index is 3.74. The molecule has 0 rings (SSSR count). The minimum Gasteiger partial charge on any atom is -0.0628 e. The molecule has 0 bridgehead atoms. The van der Waals surface area contributed by atoms with Crippen LogP contribution in [-0.4, -0.2) is 0 Å². The van der Waals surface area contributed by atoms with Crippen molar-refractivity contribution < 1.29 is 0 Å². The van der Waals surface area contributed by atoms with Gasteiger partial charge < -0.3 is 0 Å². The molecule has 1 atom stereocenters. The van der Waals surface area contributed by atoms with Crippen LogP contribution in [0, 0.1) is 23.7 Å². The Morgan fingerprint density at radius 2 is 1.29 bits per heavy atom. The molecule has 0 heteroatoms. The maximum atomic E-state index is 2.38. The second-order valence-corrected chi connectivity index (χ2v) is 5.96. The van der Waals surface area contributed by atoms with Crippen LogP contribution in [0.25, 0.3) is 0 Å².